The summed E-state index contributed by atoms with van der Waals surface area (Å²) in [6.07, 6.45) is 2.52. The topological polar surface area (TPSA) is 74.9 Å². The number of fused-ring (bicyclic) bond motifs is 1. The number of para-hydroxylation sites is 1. The van der Waals surface area contributed by atoms with Gasteiger partial charge in [-0.2, -0.15) is 9.78 Å². The van der Waals surface area contributed by atoms with Crippen molar-refractivity contribution in [1.82, 2.24) is 9.66 Å². The van der Waals surface area contributed by atoms with Gasteiger partial charge in [0.25, 0.3) is 5.56 Å². The first-order chi connectivity index (χ1) is 18.7. The zero-order valence-electron chi connectivity index (χ0n) is 23.4. The standard InChI is InChI=1S/C31H34BrN3O4/c1-8-20(5)39-29-25(32)14-21(15-28(29)38-7)17-33-35-30(34-26-12-10-9-11-22(26)31(35)36)24-16-23(18(2)3)27(37-6)13-19(24)4/h9-18,20H,8H2,1-7H3/t20-/m0/s1. The zero-order valence-corrected chi connectivity index (χ0v) is 25.0. The highest BCUT2D eigenvalue weighted by Crippen LogP contribution is 2.37. The van der Waals surface area contributed by atoms with Crippen molar-refractivity contribution in [3.05, 3.63) is 80.0 Å². The Morgan fingerprint density at radius 2 is 1.77 bits per heavy atom. The van der Waals surface area contributed by atoms with Crippen LogP contribution in [0.15, 0.2) is 62.9 Å². The van der Waals surface area contributed by atoms with Crippen molar-refractivity contribution in [2.24, 2.45) is 5.10 Å². The monoisotopic (exact) mass is 591 g/mol. The molecular weight excluding hydrogens is 558 g/mol. The summed E-state index contributed by atoms with van der Waals surface area (Å²) in [5.41, 5.74) is 3.86. The van der Waals surface area contributed by atoms with Crippen LogP contribution >= 0.6 is 15.9 Å². The van der Waals surface area contributed by atoms with Crippen molar-refractivity contribution in [1.29, 1.82) is 0 Å². The first-order valence-electron chi connectivity index (χ1n) is 13.0. The molecule has 7 nitrogen and oxygen atoms in total. The maximum absolute atomic E-state index is 13.7. The van der Waals surface area contributed by atoms with E-state index in [1.807, 2.05) is 56.3 Å². The fourth-order valence-electron chi connectivity index (χ4n) is 4.31. The number of nitrogens with zero attached hydrogens (tertiary/aromatic N) is 3. The smallest absolute Gasteiger partial charge is 0.282 e. The van der Waals surface area contributed by atoms with Gasteiger partial charge in [-0.25, -0.2) is 4.98 Å². The Hall–Kier alpha value is -3.65. The lowest BCUT2D eigenvalue weighted by Crippen LogP contribution is -2.21. The first-order valence-corrected chi connectivity index (χ1v) is 13.8. The van der Waals surface area contributed by atoms with E-state index in [0.717, 1.165) is 38.9 Å². The lowest BCUT2D eigenvalue weighted by Gasteiger charge is -2.18. The average molecular weight is 593 g/mol. The highest BCUT2D eigenvalue weighted by molar-refractivity contribution is 9.10. The molecule has 0 radical (unpaired) electrons. The van der Waals surface area contributed by atoms with Gasteiger partial charge in [0.15, 0.2) is 17.3 Å². The van der Waals surface area contributed by atoms with E-state index < -0.39 is 0 Å². The van der Waals surface area contributed by atoms with E-state index in [4.69, 9.17) is 19.2 Å². The highest BCUT2D eigenvalue weighted by atomic mass is 79.9. The van der Waals surface area contributed by atoms with Crippen LogP contribution in [0.2, 0.25) is 0 Å². The number of hydrogen-bond donors (Lipinski definition) is 0. The van der Waals surface area contributed by atoms with Crippen LogP contribution in [0.25, 0.3) is 22.3 Å². The van der Waals surface area contributed by atoms with Gasteiger partial charge in [0, 0.05) is 5.56 Å². The summed E-state index contributed by atoms with van der Waals surface area (Å²) in [6.45, 7) is 10.3. The van der Waals surface area contributed by atoms with Crippen LogP contribution in [-0.4, -0.2) is 36.2 Å². The predicted octanol–water partition coefficient (Wildman–Crippen LogP) is 7.33. The molecule has 0 spiro atoms. The van der Waals surface area contributed by atoms with Crippen molar-refractivity contribution in [2.75, 3.05) is 14.2 Å². The fraction of sp³-hybridized carbons (Fsp3) is 0.323. The van der Waals surface area contributed by atoms with Crippen LogP contribution in [0.4, 0.5) is 0 Å². The summed E-state index contributed by atoms with van der Waals surface area (Å²) in [5.74, 6) is 2.68. The van der Waals surface area contributed by atoms with Gasteiger partial charge in [-0.3, -0.25) is 4.79 Å². The Morgan fingerprint density at radius 3 is 2.44 bits per heavy atom. The molecule has 3 aromatic carbocycles. The van der Waals surface area contributed by atoms with Gasteiger partial charge in [-0.05, 0) is 95.2 Å². The van der Waals surface area contributed by atoms with Gasteiger partial charge in [0.05, 0.1) is 41.9 Å². The normalized spacial score (nSPS) is 12.3. The molecule has 1 heterocycles. The Balaban J connectivity index is 1.91. The molecule has 4 rings (SSSR count). The van der Waals surface area contributed by atoms with E-state index >= 15 is 0 Å². The number of methoxy groups -OCH3 is 2. The lowest BCUT2D eigenvalue weighted by atomic mass is 9.96. The Kier molecular flexibility index (Phi) is 8.75. The number of aromatic nitrogens is 2. The van der Waals surface area contributed by atoms with Crippen molar-refractivity contribution in [3.63, 3.8) is 0 Å². The van der Waals surface area contributed by atoms with E-state index in [1.165, 1.54) is 4.68 Å². The predicted molar refractivity (Wildman–Crippen MR) is 161 cm³/mol. The van der Waals surface area contributed by atoms with Crippen molar-refractivity contribution in [2.45, 2.75) is 53.1 Å². The van der Waals surface area contributed by atoms with Crippen LogP contribution in [0.1, 0.15) is 56.7 Å². The Morgan fingerprint density at radius 1 is 1.05 bits per heavy atom. The molecule has 204 valence electrons. The number of halogens is 1. The number of hydrogen-bond acceptors (Lipinski definition) is 6. The molecule has 8 heteroatoms. The third-order valence-electron chi connectivity index (χ3n) is 6.66. The minimum absolute atomic E-state index is 0.0305. The summed E-state index contributed by atoms with van der Waals surface area (Å²) in [6, 6.07) is 15.1. The van der Waals surface area contributed by atoms with Crippen LogP contribution in [0, 0.1) is 6.92 Å². The molecule has 0 fully saturated rings. The molecule has 4 aromatic rings. The second-order valence-electron chi connectivity index (χ2n) is 9.75. The zero-order chi connectivity index (χ0) is 28.3. The summed E-state index contributed by atoms with van der Waals surface area (Å²) in [7, 11) is 3.27. The third kappa shape index (κ3) is 5.86. The summed E-state index contributed by atoms with van der Waals surface area (Å²) in [5, 5.41) is 5.14. The molecule has 0 N–H and O–H groups in total. The molecule has 0 amide bonds. The molecular formula is C31H34BrN3O4. The van der Waals surface area contributed by atoms with Gasteiger partial charge >= 0.3 is 0 Å². The quantitative estimate of drug-likeness (QED) is 0.190. The number of benzene rings is 3. The molecule has 0 unspecified atom stereocenters. The lowest BCUT2D eigenvalue weighted by molar-refractivity contribution is 0.206. The molecule has 0 aliphatic heterocycles. The maximum Gasteiger partial charge on any atom is 0.282 e. The molecule has 0 aliphatic carbocycles. The molecule has 39 heavy (non-hydrogen) atoms. The fourth-order valence-corrected chi connectivity index (χ4v) is 4.86. The van der Waals surface area contributed by atoms with E-state index in [1.54, 1.807) is 26.5 Å². The maximum atomic E-state index is 13.7. The van der Waals surface area contributed by atoms with Crippen LogP contribution < -0.4 is 19.8 Å². The molecule has 0 saturated carbocycles. The SMILES string of the molecule is CC[C@H](C)Oc1c(Br)cc(C=Nn2c(-c3cc(C(C)C)c(OC)cc3C)nc3ccccc3c2=O)cc1OC. The second-order valence-corrected chi connectivity index (χ2v) is 10.6. The van der Waals surface area contributed by atoms with Gasteiger partial charge in [0.1, 0.15) is 5.75 Å². The van der Waals surface area contributed by atoms with Gasteiger partial charge in [-0.15, -0.1) is 0 Å². The summed E-state index contributed by atoms with van der Waals surface area (Å²) >= 11 is 3.61. The van der Waals surface area contributed by atoms with Gasteiger partial charge in [0.2, 0.25) is 0 Å². The van der Waals surface area contributed by atoms with Crippen molar-refractivity contribution < 1.29 is 14.2 Å². The minimum Gasteiger partial charge on any atom is -0.496 e. The highest BCUT2D eigenvalue weighted by Gasteiger charge is 2.19. The van der Waals surface area contributed by atoms with E-state index in [0.29, 0.717) is 28.2 Å². The summed E-state index contributed by atoms with van der Waals surface area (Å²) in [4.78, 5) is 18.6. The van der Waals surface area contributed by atoms with Crippen LogP contribution in [0.5, 0.6) is 17.2 Å². The van der Waals surface area contributed by atoms with E-state index in [2.05, 4.69) is 41.8 Å². The molecule has 0 bridgehead atoms. The first kappa shape index (κ1) is 28.4. The van der Waals surface area contributed by atoms with E-state index in [-0.39, 0.29) is 17.6 Å². The minimum atomic E-state index is -0.254. The number of aryl methyl sites for hydroxylation is 1. The van der Waals surface area contributed by atoms with Gasteiger partial charge in [-0.1, -0.05) is 32.9 Å². The number of rotatable bonds is 9. The van der Waals surface area contributed by atoms with Crippen molar-refractivity contribution in [3.8, 4) is 28.6 Å². The average Bonchev–Trinajstić information content (AvgIpc) is 2.93. The van der Waals surface area contributed by atoms with Crippen LogP contribution in [0.3, 0.4) is 0 Å². The molecule has 0 aliphatic rings. The Bertz CT molecular complexity index is 1590. The molecule has 0 saturated heterocycles. The number of ether oxygens (including phenoxy) is 3. The van der Waals surface area contributed by atoms with Gasteiger partial charge < -0.3 is 14.2 Å². The van der Waals surface area contributed by atoms with E-state index in [9.17, 15) is 4.79 Å². The second kappa shape index (κ2) is 12.0. The Labute approximate surface area is 237 Å². The summed E-state index contributed by atoms with van der Waals surface area (Å²) < 4.78 is 19.4. The molecule has 1 atom stereocenters. The molecule has 1 aromatic heterocycles. The van der Waals surface area contributed by atoms with Crippen molar-refractivity contribution >= 4 is 33.0 Å². The third-order valence-corrected chi connectivity index (χ3v) is 7.25. The largest absolute Gasteiger partial charge is 0.496 e. The van der Waals surface area contributed by atoms with Crippen LogP contribution in [-0.2, 0) is 0 Å².